The molecule has 3 heteroatoms. The summed E-state index contributed by atoms with van der Waals surface area (Å²) in [5, 5.41) is 0. The van der Waals surface area contributed by atoms with Crippen LogP contribution >= 0.6 is 0 Å². The molecule has 1 aliphatic rings. The number of aryl methyl sites for hydroxylation is 2. The molecule has 1 aromatic heterocycles. The Hall–Kier alpha value is -0.840. The quantitative estimate of drug-likeness (QED) is 0.210. The van der Waals surface area contributed by atoms with Gasteiger partial charge in [0.25, 0.3) is 0 Å². The summed E-state index contributed by atoms with van der Waals surface area (Å²) in [5.41, 5.74) is 2.94. The second-order valence-electron chi connectivity index (χ2n) is 8.37. The van der Waals surface area contributed by atoms with E-state index in [0.717, 1.165) is 19.6 Å². The molecule has 0 aromatic carbocycles. The Morgan fingerprint density at radius 3 is 1.93 bits per heavy atom. The van der Waals surface area contributed by atoms with Gasteiger partial charge < -0.3 is 28.9 Å². The molecule has 1 aromatic rings. The van der Waals surface area contributed by atoms with Crippen molar-refractivity contribution in [2.45, 2.75) is 105 Å². The van der Waals surface area contributed by atoms with Gasteiger partial charge in [0.2, 0.25) is 0 Å². The molecule has 172 valence electrons. The molecule has 1 aliphatic heterocycles. The molecule has 2 nitrogen and oxygen atoms in total. The molecule has 0 unspecified atom stereocenters. The SMILES string of the molecule is CCCCCCCCCCCCC1=CC=CN(CC)C1.CC[n+]1ccc(C)cc1.[I-]. The summed E-state index contributed by atoms with van der Waals surface area (Å²) in [6.45, 7) is 12.1. The highest BCUT2D eigenvalue weighted by Gasteiger charge is 2.05. The lowest BCUT2D eigenvalue weighted by molar-refractivity contribution is -0.693. The van der Waals surface area contributed by atoms with Crippen LogP contribution in [0.25, 0.3) is 0 Å². The number of pyridine rings is 1. The first-order chi connectivity index (χ1) is 14.2. The van der Waals surface area contributed by atoms with E-state index in [1.807, 2.05) is 0 Å². The summed E-state index contributed by atoms with van der Waals surface area (Å²) in [4.78, 5) is 2.39. The Kier molecular flexibility index (Phi) is 19.5. The van der Waals surface area contributed by atoms with E-state index in [9.17, 15) is 0 Å². The topological polar surface area (TPSA) is 7.12 Å². The minimum Gasteiger partial charge on any atom is -1.00 e. The Morgan fingerprint density at radius 2 is 1.40 bits per heavy atom. The van der Waals surface area contributed by atoms with Gasteiger partial charge in [0, 0.05) is 25.2 Å². The molecule has 0 bridgehead atoms. The number of aromatic nitrogens is 1. The Morgan fingerprint density at radius 1 is 0.833 bits per heavy atom. The fourth-order valence-corrected chi connectivity index (χ4v) is 3.63. The summed E-state index contributed by atoms with van der Waals surface area (Å²) in [5.74, 6) is 0. The first kappa shape index (κ1) is 29.2. The van der Waals surface area contributed by atoms with E-state index < -0.39 is 0 Å². The van der Waals surface area contributed by atoms with Gasteiger partial charge in [-0.15, -0.1) is 0 Å². The maximum absolute atomic E-state index is 2.39. The van der Waals surface area contributed by atoms with E-state index >= 15 is 0 Å². The molecule has 0 aliphatic carbocycles. The van der Waals surface area contributed by atoms with Crippen LogP contribution in [0.1, 0.15) is 97.0 Å². The zero-order valence-corrected chi connectivity index (χ0v) is 22.4. The fraction of sp³-hybridized carbons (Fsp3) is 0.667. The van der Waals surface area contributed by atoms with Crippen molar-refractivity contribution in [3.8, 4) is 0 Å². The monoisotopic (exact) mass is 526 g/mol. The lowest BCUT2D eigenvalue weighted by Gasteiger charge is -2.23. The maximum Gasteiger partial charge on any atom is 0.169 e. The number of rotatable bonds is 13. The van der Waals surface area contributed by atoms with Gasteiger partial charge in [-0.3, -0.25) is 0 Å². The molecule has 0 fully saturated rings. The van der Waals surface area contributed by atoms with Gasteiger partial charge in [-0.25, -0.2) is 4.57 Å². The largest absolute Gasteiger partial charge is 1.00 e. The van der Waals surface area contributed by atoms with Crippen LogP contribution in [0.5, 0.6) is 0 Å². The molecule has 0 atom stereocenters. The molecule has 0 radical (unpaired) electrons. The number of hydrogen-bond acceptors (Lipinski definition) is 1. The number of likely N-dealkylation sites (N-methyl/N-ethyl adjacent to an activating group) is 1. The van der Waals surface area contributed by atoms with E-state index in [1.165, 1.54) is 76.2 Å². The average Bonchev–Trinajstić information content (AvgIpc) is 2.76. The fourth-order valence-electron chi connectivity index (χ4n) is 3.63. The second-order valence-corrected chi connectivity index (χ2v) is 8.37. The van der Waals surface area contributed by atoms with Gasteiger partial charge in [-0.05, 0) is 51.5 Å². The van der Waals surface area contributed by atoms with Crippen LogP contribution in [0.15, 0.2) is 48.5 Å². The molecule has 2 heterocycles. The van der Waals surface area contributed by atoms with Gasteiger partial charge in [-0.1, -0.05) is 76.4 Å². The van der Waals surface area contributed by atoms with Crippen LogP contribution < -0.4 is 28.5 Å². The van der Waals surface area contributed by atoms with Crippen LogP contribution in [0.2, 0.25) is 0 Å². The van der Waals surface area contributed by atoms with Crippen molar-refractivity contribution in [3.05, 3.63) is 54.0 Å². The highest BCUT2D eigenvalue weighted by atomic mass is 127. The van der Waals surface area contributed by atoms with E-state index in [0.29, 0.717) is 0 Å². The van der Waals surface area contributed by atoms with Crippen LogP contribution in [0, 0.1) is 6.92 Å². The van der Waals surface area contributed by atoms with Crippen molar-refractivity contribution in [2.75, 3.05) is 13.1 Å². The molecular weight excluding hydrogens is 479 g/mol. The lowest BCUT2D eigenvalue weighted by Crippen LogP contribution is -3.00. The molecular formula is C27H47IN2. The molecule has 0 N–H and O–H groups in total. The molecule has 30 heavy (non-hydrogen) atoms. The summed E-state index contributed by atoms with van der Waals surface area (Å²) >= 11 is 0. The first-order valence-corrected chi connectivity index (χ1v) is 12.3. The molecule has 0 saturated carbocycles. The van der Waals surface area contributed by atoms with Crippen molar-refractivity contribution < 1.29 is 28.5 Å². The van der Waals surface area contributed by atoms with Crippen molar-refractivity contribution in [1.29, 1.82) is 0 Å². The smallest absolute Gasteiger partial charge is 0.169 e. The van der Waals surface area contributed by atoms with Gasteiger partial charge in [0.1, 0.15) is 6.54 Å². The van der Waals surface area contributed by atoms with Gasteiger partial charge >= 0.3 is 0 Å². The zero-order valence-electron chi connectivity index (χ0n) is 20.2. The van der Waals surface area contributed by atoms with Gasteiger partial charge in [0.05, 0.1) is 0 Å². The predicted molar refractivity (Wildman–Crippen MR) is 128 cm³/mol. The molecule has 0 spiro atoms. The molecule has 2 rings (SSSR count). The number of unbranched alkanes of at least 4 members (excludes halogenated alkanes) is 9. The summed E-state index contributed by atoms with van der Waals surface area (Å²) < 4.78 is 2.15. The van der Waals surface area contributed by atoms with Crippen LogP contribution in [0.3, 0.4) is 0 Å². The Balaban J connectivity index is 0.000000704. The van der Waals surface area contributed by atoms with Crippen LogP contribution in [0.4, 0.5) is 0 Å². The lowest BCUT2D eigenvalue weighted by atomic mass is 10.0. The van der Waals surface area contributed by atoms with Gasteiger partial charge in [0.15, 0.2) is 12.4 Å². The molecule has 0 amide bonds. The van der Waals surface area contributed by atoms with Crippen molar-refractivity contribution >= 4 is 0 Å². The number of hydrogen-bond donors (Lipinski definition) is 0. The normalized spacial score (nSPS) is 12.7. The van der Waals surface area contributed by atoms with Crippen molar-refractivity contribution in [2.24, 2.45) is 0 Å². The highest BCUT2D eigenvalue weighted by Crippen LogP contribution is 2.16. The Labute approximate surface area is 204 Å². The maximum atomic E-state index is 2.39. The third kappa shape index (κ3) is 15.0. The minimum absolute atomic E-state index is 0. The standard InChI is InChI=1S/C19H35N.C8H12N.HI/c1-3-5-6-7-8-9-10-11-12-13-15-19-16-14-17-20(4-2)18-19;1-3-9-6-4-8(2)5-7-9;/h14,16-17H,3-13,15,18H2,1-2H3;4-7H,3H2,1-2H3;1H/q;+1;/p-1. The van der Waals surface area contributed by atoms with Crippen molar-refractivity contribution in [3.63, 3.8) is 0 Å². The predicted octanol–water partition coefficient (Wildman–Crippen LogP) is 4.38. The summed E-state index contributed by atoms with van der Waals surface area (Å²) in [7, 11) is 0. The minimum atomic E-state index is 0. The summed E-state index contributed by atoms with van der Waals surface area (Å²) in [6.07, 6.45) is 26.5. The first-order valence-electron chi connectivity index (χ1n) is 12.3. The third-order valence-corrected chi connectivity index (χ3v) is 5.72. The Bertz CT molecular complexity index is 563. The highest BCUT2D eigenvalue weighted by molar-refractivity contribution is 5.18. The van der Waals surface area contributed by atoms with Crippen LogP contribution in [-0.4, -0.2) is 18.0 Å². The van der Waals surface area contributed by atoms with Gasteiger partial charge in [-0.2, -0.15) is 0 Å². The van der Waals surface area contributed by atoms with E-state index in [2.05, 4.69) is 80.0 Å². The third-order valence-electron chi connectivity index (χ3n) is 5.72. The average molecular weight is 527 g/mol. The number of allylic oxidation sites excluding steroid dienone is 2. The zero-order chi connectivity index (χ0) is 21.2. The second kappa shape index (κ2) is 20.1. The molecule has 0 saturated heterocycles. The van der Waals surface area contributed by atoms with E-state index in [4.69, 9.17) is 0 Å². The van der Waals surface area contributed by atoms with Crippen molar-refractivity contribution in [1.82, 2.24) is 4.90 Å². The summed E-state index contributed by atoms with van der Waals surface area (Å²) in [6, 6.07) is 4.23. The number of nitrogens with zero attached hydrogens (tertiary/aromatic N) is 2. The number of halogens is 1. The van der Waals surface area contributed by atoms with E-state index in [-0.39, 0.29) is 24.0 Å². The van der Waals surface area contributed by atoms with Crippen LogP contribution in [-0.2, 0) is 6.54 Å². The van der Waals surface area contributed by atoms with E-state index in [1.54, 1.807) is 5.57 Å².